The molecule has 2 saturated heterocycles. The lowest BCUT2D eigenvalue weighted by atomic mass is 10.1. The fraction of sp³-hybridized carbons (Fsp3) is 0.586. The number of quaternary nitrogens is 2. The van der Waals surface area contributed by atoms with Crippen molar-refractivity contribution < 1.29 is 75.9 Å². The summed E-state index contributed by atoms with van der Waals surface area (Å²) in [5.74, 6) is -0.305. The van der Waals surface area contributed by atoms with Gasteiger partial charge in [0.15, 0.2) is 75.3 Å². The molecular formula is C58H93N12O14P2Si2+3. The van der Waals surface area contributed by atoms with Gasteiger partial charge >= 0.3 is 16.5 Å². The van der Waals surface area contributed by atoms with Crippen LogP contribution in [0.25, 0.3) is 22.3 Å². The Morgan fingerprint density at radius 2 is 0.920 bits per heavy atom. The molecule has 0 aliphatic carbocycles. The second kappa shape index (κ2) is 33.1. The summed E-state index contributed by atoms with van der Waals surface area (Å²) in [4.78, 5) is 75.7. The van der Waals surface area contributed by atoms with Crippen molar-refractivity contribution in [3.8, 4) is 0 Å². The van der Waals surface area contributed by atoms with Crippen LogP contribution in [0, 0.1) is 0 Å². The SMILES string of the molecule is CC(C)(C)[Si](C)(C)O[C@@H]1[C@H](O[P+](=O)O)[C@@H](CO)O[C@H]1n1cnc2c(NC(=O)c3ccccc3)ncnc21.CC(C)(C)[Si](C)(C)O[C@@H]1[C@H](O[P+](=O)[O-])[C@@H](CO)O[C@H]1n1cnc2c(NC(=O)c3ccccc3)ncnc21.CC[NH+](CC)CC.CC[NH+](CC)CC. The van der Waals surface area contributed by atoms with Crippen molar-refractivity contribution in [2.24, 2.45) is 0 Å². The van der Waals surface area contributed by atoms with Crippen LogP contribution in [0.4, 0.5) is 11.6 Å². The fourth-order valence-corrected chi connectivity index (χ4v) is 12.7. The van der Waals surface area contributed by atoms with Crippen LogP contribution in [-0.2, 0) is 36.5 Å². The maximum Gasteiger partial charge on any atom is 0.695 e. The molecule has 0 bridgehead atoms. The third-order valence-corrected chi connectivity index (χ3v) is 26.4. The first kappa shape index (κ1) is 73.4. The minimum absolute atomic E-state index is 0.186. The van der Waals surface area contributed by atoms with E-state index in [0.717, 1.165) is 0 Å². The quantitative estimate of drug-likeness (QED) is 0.0302. The molecule has 2 fully saturated rings. The number of carbonyl (C=O) groups is 2. The Kier molecular flexibility index (Phi) is 27.6. The summed E-state index contributed by atoms with van der Waals surface area (Å²) in [5, 5.41) is 25.1. The Morgan fingerprint density at radius 3 is 1.20 bits per heavy atom. The van der Waals surface area contributed by atoms with Crippen LogP contribution in [0.1, 0.15) is 116 Å². The minimum Gasteiger partial charge on any atom is -0.566 e. The van der Waals surface area contributed by atoms with E-state index in [9.17, 15) is 38.7 Å². The number of ether oxygens (including phenoxy) is 2. The maximum atomic E-state index is 12.7. The molecule has 8 rings (SSSR count). The molecular weight excluding hydrogens is 1210 g/mol. The van der Waals surface area contributed by atoms with Crippen LogP contribution in [-0.4, -0.2) is 172 Å². The highest BCUT2D eigenvalue weighted by molar-refractivity contribution is 7.32. The van der Waals surface area contributed by atoms with Crippen molar-refractivity contribution in [2.45, 2.75) is 168 Å². The molecule has 30 heteroatoms. The standard InChI is InChI=1S/2C23H30N5O7PSi.2C6H15N/c2*1-23(2,3)37(4,5)35-18-17(34-36(31)32)15(11-29)33-22(18)28-13-26-16-19(24-12-25-20(16)28)27-21(30)14-9-7-6-8-10-14;2*1-4-7(5-2)6-3/h6-10,12-13,15,17-18,22,29H,11H2,1-5H3,(H-,24,25,27,30,31,32);6-10,12-13,15,17-18,22,29H,11H2,1-5H3,(H,24,25,27,30);2*4-6H2,1-3H3/p+3/t2*15-,17-,18-,22-;;/m11../s1. The zero-order valence-electron chi connectivity index (χ0n) is 53.7. The average molecular weight is 1300 g/mol. The number of benzene rings is 2. The van der Waals surface area contributed by atoms with Gasteiger partial charge in [-0.3, -0.25) is 18.7 Å². The van der Waals surface area contributed by atoms with E-state index in [0.29, 0.717) is 33.5 Å². The largest absolute Gasteiger partial charge is 0.695 e. The molecule has 6 heterocycles. The first-order valence-electron chi connectivity index (χ1n) is 29.8. The molecule has 2 unspecified atom stereocenters. The molecule has 2 aliphatic rings. The molecule has 4 aromatic heterocycles. The first-order chi connectivity index (χ1) is 41.5. The van der Waals surface area contributed by atoms with Crippen molar-refractivity contribution in [1.82, 2.24) is 39.0 Å². The van der Waals surface area contributed by atoms with Crippen molar-refractivity contribution in [2.75, 3.05) is 63.1 Å². The molecule has 0 radical (unpaired) electrons. The zero-order valence-corrected chi connectivity index (χ0v) is 57.5. The Hall–Kier alpha value is -5.37. The number of hydrogen-bond donors (Lipinski definition) is 7. The number of aliphatic hydroxyl groups excluding tert-OH is 2. The molecule has 26 nitrogen and oxygen atoms in total. The number of aromatic nitrogens is 8. The van der Waals surface area contributed by atoms with Crippen molar-refractivity contribution in [3.63, 3.8) is 0 Å². The summed E-state index contributed by atoms with van der Waals surface area (Å²) < 4.78 is 62.3. The Bertz CT molecular complexity index is 2970. The van der Waals surface area contributed by atoms with Gasteiger partial charge in [-0.2, -0.15) is 0 Å². The Labute approximate surface area is 520 Å². The third-order valence-electron chi connectivity index (χ3n) is 16.6. The van der Waals surface area contributed by atoms with E-state index in [2.05, 4.69) is 124 Å². The molecule has 2 aliphatic heterocycles. The van der Waals surface area contributed by atoms with Crippen LogP contribution in [0.15, 0.2) is 86.0 Å². The lowest BCUT2D eigenvalue weighted by Gasteiger charge is -2.40. The van der Waals surface area contributed by atoms with Crippen LogP contribution in [0.2, 0.25) is 36.3 Å². The normalized spacial score (nSPS) is 20.8. The van der Waals surface area contributed by atoms with Gasteiger partial charge in [-0.25, -0.2) is 29.9 Å². The van der Waals surface area contributed by atoms with Gasteiger partial charge in [0.25, 0.3) is 11.8 Å². The van der Waals surface area contributed by atoms with Crippen molar-refractivity contribution in [3.05, 3.63) is 97.1 Å². The molecule has 7 N–H and O–H groups in total. The summed E-state index contributed by atoms with van der Waals surface area (Å²) >= 11 is 0. The fourth-order valence-electron chi connectivity index (χ4n) is 9.20. The number of aliphatic hydroxyl groups is 2. The second-order valence-electron chi connectivity index (χ2n) is 24.1. The van der Waals surface area contributed by atoms with E-state index in [4.69, 9.17) is 27.4 Å². The number of nitrogens with one attached hydrogen (secondary N) is 4. The van der Waals surface area contributed by atoms with E-state index in [1.54, 1.807) is 67.5 Å². The van der Waals surface area contributed by atoms with Crippen LogP contribution in [0.3, 0.4) is 0 Å². The zero-order chi connectivity index (χ0) is 65.3. The summed E-state index contributed by atoms with van der Waals surface area (Å²) in [6, 6.07) is 17.4. The Balaban J connectivity index is 0.000000263. The number of amides is 2. The molecule has 484 valence electrons. The van der Waals surface area contributed by atoms with Crippen LogP contribution < -0.4 is 25.3 Å². The average Bonchev–Trinajstić information content (AvgIpc) is 3.77. The summed E-state index contributed by atoms with van der Waals surface area (Å²) in [6.07, 6.45) is -2.03. The lowest BCUT2D eigenvalue weighted by Crippen LogP contribution is -3.11. The number of rotatable bonds is 22. The highest BCUT2D eigenvalue weighted by Gasteiger charge is 2.56. The van der Waals surface area contributed by atoms with Gasteiger partial charge in [-0.1, -0.05) is 77.9 Å². The molecule has 2 amide bonds. The number of anilines is 2. The van der Waals surface area contributed by atoms with E-state index in [1.807, 2.05) is 38.3 Å². The summed E-state index contributed by atoms with van der Waals surface area (Å²) in [5.41, 5.74) is 2.21. The van der Waals surface area contributed by atoms with E-state index in [1.165, 1.54) is 64.6 Å². The molecule has 0 saturated carbocycles. The molecule has 2 aromatic carbocycles. The maximum absolute atomic E-state index is 12.7. The number of carbonyl (C=O) groups excluding carboxylic acids is 2. The third kappa shape index (κ3) is 18.9. The number of fused-ring (bicyclic) bond motifs is 2. The van der Waals surface area contributed by atoms with Crippen molar-refractivity contribution in [1.29, 1.82) is 0 Å². The van der Waals surface area contributed by atoms with Gasteiger partial charge < -0.3 is 53.9 Å². The molecule has 6 aromatic rings. The highest BCUT2D eigenvalue weighted by Crippen LogP contribution is 2.46. The predicted molar refractivity (Wildman–Crippen MR) is 338 cm³/mol. The van der Waals surface area contributed by atoms with Gasteiger partial charge in [-0.05, 0) is 107 Å². The smallest absolute Gasteiger partial charge is 0.566 e. The summed E-state index contributed by atoms with van der Waals surface area (Å²) in [7, 11) is -11.1. The second-order valence-corrected chi connectivity index (χ2v) is 35.0. The number of nitrogens with zero attached hydrogens (tertiary/aromatic N) is 8. The first-order valence-corrected chi connectivity index (χ1v) is 37.9. The van der Waals surface area contributed by atoms with E-state index >= 15 is 0 Å². The van der Waals surface area contributed by atoms with Gasteiger partial charge in [0.1, 0.15) is 37.1 Å². The van der Waals surface area contributed by atoms with Gasteiger partial charge in [-0.15, -0.1) is 13.9 Å². The van der Waals surface area contributed by atoms with E-state index < -0.39 is 95.4 Å². The number of hydrogen-bond acceptors (Lipinski definition) is 19. The number of imidazole rings is 2. The van der Waals surface area contributed by atoms with Crippen LogP contribution in [0.5, 0.6) is 0 Å². The monoisotopic (exact) mass is 1300 g/mol. The van der Waals surface area contributed by atoms with E-state index in [-0.39, 0.29) is 33.5 Å². The summed E-state index contributed by atoms with van der Waals surface area (Å²) in [6.45, 7) is 40.5. The Morgan fingerprint density at radius 1 is 0.580 bits per heavy atom. The molecule has 88 heavy (non-hydrogen) atoms. The van der Waals surface area contributed by atoms with Crippen LogP contribution >= 0.6 is 16.5 Å². The van der Waals surface area contributed by atoms with Gasteiger partial charge in [0, 0.05) is 15.7 Å². The van der Waals surface area contributed by atoms with Crippen molar-refractivity contribution >= 4 is 78.9 Å². The lowest BCUT2D eigenvalue weighted by molar-refractivity contribution is -0.894. The van der Waals surface area contributed by atoms with Gasteiger partial charge in [0.2, 0.25) is 0 Å². The highest BCUT2D eigenvalue weighted by atomic mass is 31.1. The minimum atomic E-state index is -3.24. The topological polar surface area (TPSA) is 328 Å². The van der Waals surface area contributed by atoms with Gasteiger partial charge in [0.05, 0.1) is 65.1 Å². The molecule has 0 spiro atoms. The predicted octanol–water partition coefficient (Wildman–Crippen LogP) is 6.02. The molecule has 10 atom stereocenters.